The zero-order valence-electron chi connectivity index (χ0n) is 16.6. The second kappa shape index (κ2) is 6.26. The van der Waals surface area contributed by atoms with E-state index < -0.39 is 8.24 Å². The highest BCUT2D eigenvalue weighted by molar-refractivity contribution is 6.82. The monoisotopic (exact) mass is 344 g/mol. The summed E-state index contributed by atoms with van der Waals surface area (Å²) >= 11 is 0. The quantitative estimate of drug-likeness (QED) is 0.739. The maximum atomic E-state index is 4.02. The summed E-state index contributed by atoms with van der Waals surface area (Å²) in [5.74, 6) is 0. The van der Waals surface area contributed by atoms with E-state index >= 15 is 0 Å². The standard InChI is InChI=1S/C21H36N2Si/c1-17-18(24(5,6)22-20(2,3)4)16-21(12-8-7-9-13-21)19(17)23-14-10-11-15-23/h7-9,12,19,22H,10-11,13-16H2,1-6H3. The van der Waals surface area contributed by atoms with Gasteiger partial charge in [0.25, 0.3) is 0 Å². The molecule has 0 aromatic heterocycles. The van der Waals surface area contributed by atoms with Gasteiger partial charge in [0.2, 0.25) is 0 Å². The lowest BCUT2D eigenvalue weighted by Crippen LogP contribution is -2.56. The summed E-state index contributed by atoms with van der Waals surface area (Å²) in [5.41, 5.74) is 2.18. The fourth-order valence-electron chi connectivity index (χ4n) is 5.54. The van der Waals surface area contributed by atoms with E-state index in [1.807, 2.05) is 0 Å². The van der Waals surface area contributed by atoms with Crippen molar-refractivity contribution in [3.8, 4) is 0 Å². The van der Waals surface area contributed by atoms with Crippen LogP contribution < -0.4 is 4.98 Å². The Hall–Kier alpha value is -0.643. The van der Waals surface area contributed by atoms with Gasteiger partial charge in [-0.25, -0.2) is 0 Å². The van der Waals surface area contributed by atoms with Crippen LogP contribution in [0, 0.1) is 5.41 Å². The number of nitrogens with zero attached hydrogens (tertiary/aromatic N) is 1. The van der Waals surface area contributed by atoms with Gasteiger partial charge in [-0.2, -0.15) is 0 Å². The highest BCUT2D eigenvalue weighted by atomic mass is 28.3. The van der Waals surface area contributed by atoms with Crippen molar-refractivity contribution in [1.29, 1.82) is 0 Å². The van der Waals surface area contributed by atoms with Crippen LogP contribution in [0.4, 0.5) is 0 Å². The van der Waals surface area contributed by atoms with Gasteiger partial charge in [0, 0.05) is 17.0 Å². The lowest BCUT2D eigenvalue weighted by molar-refractivity contribution is 0.164. The maximum absolute atomic E-state index is 4.02. The maximum Gasteiger partial charge on any atom is 0.147 e. The zero-order valence-corrected chi connectivity index (χ0v) is 17.6. The summed E-state index contributed by atoms with van der Waals surface area (Å²) < 4.78 is 0. The van der Waals surface area contributed by atoms with Crippen LogP contribution in [0.3, 0.4) is 0 Å². The number of rotatable bonds is 3. The normalized spacial score (nSPS) is 31.7. The molecule has 3 rings (SSSR count). The van der Waals surface area contributed by atoms with Crippen molar-refractivity contribution in [3.05, 3.63) is 35.1 Å². The van der Waals surface area contributed by atoms with Crippen LogP contribution in [0.2, 0.25) is 13.1 Å². The van der Waals surface area contributed by atoms with Gasteiger partial charge >= 0.3 is 0 Å². The second-order valence-electron chi connectivity index (χ2n) is 9.71. The average Bonchev–Trinajstić information content (AvgIpc) is 3.05. The lowest BCUT2D eigenvalue weighted by atomic mass is 9.74. The highest BCUT2D eigenvalue weighted by Gasteiger charge is 2.50. The number of nitrogens with one attached hydrogen (secondary N) is 1. The Morgan fingerprint density at radius 2 is 1.83 bits per heavy atom. The van der Waals surface area contributed by atoms with E-state index in [-0.39, 0.29) is 5.54 Å². The summed E-state index contributed by atoms with van der Waals surface area (Å²) in [6.45, 7) is 17.0. The molecule has 2 atom stereocenters. The number of hydrogen-bond donors (Lipinski definition) is 1. The van der Waals surface area contributed by atoms with Gasteiger partial charge in [0.1, 0.15) is 8.24 Å². The average molecular weight is 345 g/mol. The van der Waals surface area contributed by atoms with Crippen LogP contribution in [0.1, 0.15) is 53.4 Å². The first-order valence-corrected chi connectivity index (χ1v) is 12.7. The van der Waals surface area contributed by atoms with Crippen LogP contribution in [-0.2, 0) is 0 Å². The van der Waals surface area contributed by atoms with E-state index in [0.717, 1.165) is 0 Å². The van der Waals surface area contributed by atoms with Crippen molar-refractivity contribution >= 4 is 8.24 Å². The molecule has 3 aliphatic rings. The predicted molar refractivity (Wildman–Crippen MR) is 108 cm³/mol. The van der Waals surface area contributed by atoms with Crippen molar-refractivity contribution in [2.24, 2.45) is 5.41 Å². The van der Waals surface area contributed by atoms with Crippen LogP contribution >= 0.6 is 0 Å². The molecule has 1 fully saturated rings. The van der Waals surface area contributed by atoms with E-state index in [2.05, 4.69) is 75.0 Å². The summed E-state index contributed by atoms with van der Waals surface area (Å²) in [5, 5.41) is 1.77. The van der Waals surface area contributed by atoms with Crippen LogP contribution in [0.25, 0.3) is 0 Å². The molecule has 0 aromatic rings. The van der Waals surface area contributed by atoms with Gasteiger partial charge in [-0.1, -0.05) is 48.2 Å². The van der Waals surface area contributed by atoms with Crippen molar-refractivity contribution in [2.45, 2.75) is 78.1 Å². The van der Waals surface area contributed by atoms with Gasteiger partial charge in [-0.05, 0) is 66.5 Å². The summed E-state index contributed by atoms with van der Waals surface area (Å²) in [6.07, 6.45) is 14.7. The minimum atomic E-state index is -1.63. The molecule has 1 heterocycles. The molecule has 0 radical (unpaired) electrons. The largest absolute Gasteiger partial charge is 0.329 e. The van der Waals surface area contributed by atoms with E-state index in [1.54, 1.807) is 10.8 Å². The third-order valence-corrected chi connectivity index (χ3v) is 9.51. The Kier molecular flexibility index (Phi) is 4.74. The van der Waals surface area contributed by atoms with E-state index in [9.17, 15) is 0 Å². The van der Waals surface area contributed by atoms with E-state index in [1.165, 1.54) is 38.8 Å². The van der Waals surface area contributed by atoms with Crippen molar-refractivity contribution in [1.82, 2.24) is 9.88 Å². The molecule has 1 spiro atoms. The Morgan fingerprint density at radius 3 is 2.38 bits per heavy atom. The topological polar surface area (TPSA) is 15.3 Å². The zero-order chi connectivity index (χ0) is 17.6. The fraction of sp³-hybridized carbons (Fsp3) is 0.714. The van der Waals surface area contributed by atoms with Gasteiger partial charge in [-0.15, -0.1) is 0 Å². The minimum absolute atomic E-state index is 0.185. The first-order valence-electron chi connectivity index (χ1n) is 9.73. The smallest absolute Gasteiger partial charge is 0.147 e. The Labute approximate surface area is 150 Å². The molecule has 0 saturated carbocycles. The third-order valence-electron chi connectivity index (χ3n) is 6.06. The third kappa shape index (κ3) is 3.36. The van der Waals surface area contributed by atoms with Crippen LogP contribution in [0.5, 0.6) is 0 Å². The van der Waals surface area contributed by atoms with Crippen LogP contribution in [-0.4, -0.2) is 37.8 Å². The van der Waals surface area contributed by atoms with E-state index in [0.29, 0.717) is 11.5 Å². The Balaban J connectivity index is 1.97. The number of allylic oxidation sites excluding steroid dienone is 4. The summed E-state index contributed by atoms with van der Waals surface area (Å²) in [4.78, 5) is 6.81. The summed E-state index contributed by atoms with van der Waals surface area (Å²) in [7, 11) is -1.63. The molecule has 1 N–H and O–H groups in total. The SMILES string of the molecule is CC1=C([Si](C)(C)NC(C)(C)C)CC2(C=CC=CC2)C1N1CCCC1. The molecular formula is C21H36N2Si. The van der Waals surface area contributed by atoms with Crippen molar-refractivity contribution in [2.75, 3.05) is 13.1 Å². The van der Waals surface area contributed by atoms with Gasteiger partial charge in [-0.3, -0.25) is 4.90 Å². The predicted octanol–water partition coefficient (Wildman–Crippen LogP) is 4.81. The van der Waals surface area contributed by atoms with Gasteiger partial charge in [0.05, 0.1) is 0 Å². The number of likely N-dealkylation sites (tertiary alicyclic amines) is 1. The molecule has 1 saturated heterocycles. The Bertz CT molecular complexity index is 573. The first kappa shape index (κ1) is 18.2. The molecule has 1 aliphatic heterocycles. The van der Waals surface area contributed by atoms with E-state index in [4.69, 9.17) is 0 Å². The molecule has 0 bridgehead atoms. The molecule has 0 amide bonds. The molecule has 2 unspecified atom stereocenters. The Morgan fingerprint density at radius 1 is 1.17 bits per heavy atom. The second-order valence-corrected chi connectivity index (χ2v) is 13.8. The minimum Gasteiger partial charge on any atom is -0.329 e. The van der Waals surface area contributed by atoms with Gasteiger partial charge < -0.3 is 4.98 Å². The van der Waals surface area contributed by atoms with Crippen molar-refractivity contribution < 1.29 is 0 Å². The molecule has 24 heavy (non-hydrogen) atoms. The van der Waals surface area contributed by atoms with Gasteiger partial charge in [0.15, 0.2) is 0 Å². The number of hydrogen-bond acceptors (Lipinski definition) is 2. The molecule has 134 valence electrons. The molecule has 2 nitrogen and oxygen atoms in total. The van der Waals surface area contributed by atoms with Crippen molar-refractivity contribution in [3.63, 3.8) is 0 Å². The fourth-order valence-corrected chi connectivity index (χ4v) is 9.46. The highest BCUT2D eigenvalue weighted by Crippen LogP contribution is 2.52. The molecule has 2 aliphatic carbocycles. The summed E-state index contributed by atoms with van der Waals surface area (Å²) in [6, 6.07) is 0.616. The molecule has 0 aromatic carbocycles. The molecule has 3 heteroatoms. The van der Waals surface area contributed by atoms with Crippen LogP contribution in [0.15, 0.2) is 35.1 Å². The first-order chi connectivity index (χ1) is 11.1. The lowest BCUT2D eigenvalue weighted by Gasteiger charge is -2.40. The molecular weight excluding hydrogens is 308 g/mol.